The summed E-state index contributed by atoms with van der Waals surface area (Å²) < 4.78 is 5.51. The minimum atomic E-state index is 0.154. The molecule has 2 rings (SSSR count). The molecule has 2 aromatic rings. The normalized spacial score (nSPS) is 10.2. The van der Waals surface area contributed by atoms with Crippen LogP contribution in [-0.4, -0.2) is 5.11 Å². The number of benzene rings is 2. The van der Waals surface area contributed by atoms with Crippen molar-refractivity contribution in [2.24, 2.45) is 0 Å². The molecule has 0 saturated heterocycles. The number of phenols is 1. The van der Waals surface area contributed by atoms with Crippen LogP contribution in [-0.2, 0) is 6.61 Å². The first-order chi connectivity index (χ1) is 8.16. The van der Waals surface area contributed by atoms with Crippen molar-refractivity contribution >= 4 is 23.2 Å². The van der Waals surface area contributed by atoms with Gasteiger partial charge in [-0.2, -0.15) is 0 Å². The number of para-hydroxylation sites is 1. The van der Waals surface area contributed by atoms with Crippen LogP contribution in [0.25, 0.3) is 0 Å². The molecule has 0 aliphatic carbocycles. The molecule has 0 spiro atoms. The summed E-state index contributed by atoms with van der Waals surface area (Å²) in [6, 6.07) is 12.0. The van der Waals surface area contributed by atoms with Gasteiger partial charge in [-0.15, -0.1) is 0 Å². The highest BCUT2D eigenvalue weighted by Gasteiger charge is 2.05. The molecule has 17 heavy (non-hydrogen) atoms. The second kappa shape index (κ2) is 5.30. The molecule has 0 fully saturated rings. The largest absolute Gasteiger partial charge is 0.508 e. The molecule has 0 aliphatic heterocycles. The first-order valence-corrected chi connectivity index (χ1v) is 5.77. The Bertz CT molecular complexity index is 527. The van der Waals surface area contributed by atoms with Gasteiger partial charge >= 0.3 is 0 Å². The lowest BCUT2D eigenvalue weighted by Crippen LogP contribution is -1.96. The molecule has 0 aliphatic rings. The van der Waals surface area contributed by atoms with E-state index >= 15 is 0 Å². The van der Waals surface area contributed by atoms with E-state index in [1.807, 2.05) is 12.1 Å². The highest BCUT2D eigenvalue weighted by Crippen LogP contribution is 2.27. The molecule has 0 aromatic heterocycles. The molecule has 0 unspecified atom stereocenters. The van der Waals surface area contributed by atoms with Crippen LogP contribution >= 0.6 is 23.2 Å². The minimum Gasteiger partial charge on any atom is -0.508 e. The first-order valence-electron chi connectivity index (χ1n) is 5.01. The lowest BCUT2D eigenvalue weighted by Gasteiger charge is -2.09. The third kappa shape index (κ3) is 3.05. The quantitative estimate of drug-likeness (QED) is 0.901. The summed E-state index contributed by atoms with van der Waals surface area (Å²) >= 11 is 11.8. The van der Waals surface area contributed by atoms with E-state index in [2.05, 4.69) is 0 Å². The molecule has 88 valence electrons. The van der Waals surface area contributed by atoms with Crippen LogP contribution in [0.2, 0.25) is 10.0 Å². The van der Waals surface area contributed by atoms with Crippen molar-refractivity contribution in [3.05, 3.63) is 58.1 Å². The molecule has 2 aromatic carbocycles. The van der Waals surface area contributed by atoms with E-state index in [1.165, 1.54) is 6.07 Å². The predicted octanol–water partition coefficient (Wildman–Crippen LogP) is 4.28. The van der Waals surface area contributed by atoms with E-state index < -0.39 is 0 Å². The van der Waals surface area contributed by atoms with E-state index in [9.17, 15) is 5.11 Å². The molecule has 4 heteroatoms. The van der Waals surface area contributed by atoms with Gasteiger partial charge in [-0.1, -0.05) is 35.3 Å². The Morgan fingerprint density at radius 2 is 1.82 bits per heavy atom. The number of hydrogen-bond acceptors (Lipinski definition) is 2. The van der Waals surface area contributed by atoms with Gasteiger partial charge in [-0.05, 0) is 30.3 Å². The maximum Gasteiger partial charge on any atom is 0.138 e. The van der Waals surface area contributed by atoms with Crippen molar-refractivity contribution in [1.82, 2.24) is 0 Å². The lowest BCUT2D eigenvalue weighted by molar-refractivity contribution is 0.299. The molecule has 0 amide bonds. The average molecular weight is 269 g/mol. The summed E-state index contributed by atoms with van der Waals surface area (Å²) in [7, 11) is 0. The number of aromatic hydroxyl groups is 1. The fourth-order valence-corrected chi connectivity index (χ4v) is 1.77. The van der Waals surface area contributed by atoms with E-state index in [-0.39, 0.29) is 12.4 Å². The van der Waals surface area contributed by atoms with Gasteiger partial charge < -0.3 is 9.84 Å². The fourth-order valence-electron chi connectivity index (χ4n) is 1.39. The van der Waals surface area contributed by atoms with Crippen molar-refractivity contribution in [3.63, 3.8) is 0 Å². The van der Waals surface area contributed by atoms with E-state index in [1.54, 1.807) is 24.3 Å². The van der Waals surface area contributed by atoms with Crippen molar-refractivity contribution in [2.75, 3.05) is 0 Å². The Balaban J connectivity index is 2.12. The predicted molar refractivity (Wildman–Crippen MR) is 68.9 cm³/mol. The average Bonchev–Trinajstić information content (AvgIpc) is 2.32. The van der Waals surface area contributed by atoms with Gasteiger partial charge in [0.1, 0.15) is 18.1 Å². The highest BCUT2D eigenvalue weighted by molar-refractivity contribution is 6.32. The van der Waals surface area contributed by atoms with Crippen LogP contribution in [0.4, 0.5) is 0 Å². The van der Waals surface area contributed by atoms with Gasteiger partial charge in [0, 0.05) is 10.6 Å². The standard InChI is InChI=1S/C13H10Cl2O2/c14-10-5-6-12(16)9(7-10)8-17-13-4-2-1-3-11(13)15/h1-7,16H,8H2. The number of ether oxygens (including phenoxy) is 1. The van der Waals surface area contributed by atoms with Crippen LogP contribution in [0.3, 0.4) is 0 Å². The Labute approximate surface area is 109 Å². The van der Waals surface area contributed by atoms with Crippen LogP contribution < -0.4 is 4.74 Å². The van der Waals surface area contributed by atoms with Gasteiger partial charge in [-0.25, -0.2) is 0 Å². The zero-order chi connectivity index (χ0) is 12.3. The monoisotopic (exact) mass is 268 g/mol. The maximum atomic E-state index is 9.61. The summed E-state index contributed by atoms with van der Waals surface area (Å²) in [5.74, 6) is 0.731. The molecule has 0 heterocycles. The second-order valence-corrected chi connectivity index (χ2v) is 4.34. The topological polar surface area (TPSA) is 29.5 Å². The maximum absolute atomic E-state index is 9.61. The number of halogens is 2. The minimum absolute atomic E-state index is 0.154. The molecule has 0 radical (unpaired) electrons. The SMILES string of the molecule is Oc1ccc(Cl)cc1COc1ccccc1Cl. The zero-order valence-electron chi connectivity index (χ0n) is 8.86. The van der Waals surface area contributed by atoms with E-state index in [4.69, 9.17) is 27.9 Å². The molecule has 2 nitrogen and oxygen atoms in total. The summed E-state index contributed by atoms with van der Waals surface area (Å²) in [5.41, 5.74) is 0.623. The van der Waals surface area contributed by atoms with Crippen LogP contribution in [0, 0.1) is 0 Å². The molecule has 0 saturated carbocycles. The fraction of sp³-hybridized carbons (Fsp3) is 0.0769. The summed E-state index contributed by atoms with van der Waals surface area (Å²) in [6.45, 7) is 0.218. The number of hydrogen-bond donors (Lipinski definition) is 1. The van der Waals surface area contributed by atoms with Crippen LogP contribution in [0.5, 0.6) is 11.5 Å². The third-order valence-electron chi connectivity index (χ3n) is 2.26. The number of rotatable bonds is 3. The molecular formula is C13H10Cl2O2. The lowest BCUT2D eigenvalue weighted by atomic mass is 10.2. The van der Waals surface area contributed by atoms with Crippen molar-refractivity contribution in [2.45, 2.75) is 6.61 Å². The second-order valence-electron chi connectivity index (χ2n) is 3.49. The molecule has 0 bridgehead atoms. The van der Waals surface area contributed by atoms with Gasteiger partial charge in [0.05, 0.1) is 5.02 Å². The first kappa shape index (κ1) is 12.1. The zero-order valence-corrected chi connectivity index (χ0v) is 10.4. The Kier molecular flexibility index (Phi) is 3.77. The van der Waals surface area contributed by atoms with Gasteiger partial charge in [-0.3, -0.25) is 0 Å². The van der Waals surface area contributed by atoms with Gasteiger partial charge in [0.15, 0.2) is 0 Å². The van der Waals surface area contributed by atoms with E-state index in [0.717, 1.165) is 0 Å². The van der Waals surface area contributed by atoms with E-state index in [0.29, 0.717) is 21.4 Å². The smallest absolute Gasteiger partial charge is 0.138 e. The van der Waals surface area contributed by atoms with Gasteiger partial charge in [0.25, 0.3) is 0 Å². The summed E-state index contributed by atoms with van der Waals surface area (Å²) in [6.07, 6.45) is 0. The van der Waals surface area contributed by atoms with Gasteiger partial charge in [0.2, 0.25) is 0 Å². The van der Waals surface area contributed by atoms with Crippen molar-refractivity contribution in [1.29, 1.82) is 0 Å². The summed E-state index contributed by atoms with van der Waals surface area (Å²) in [5, 5.41) is 10.7. The van der Waals surface area contributed by atoms with Crippen molar-refractivity contribution in [3.8, 4) is 11.5 Å². The Hall–Kier alpha value is -1.38. The Morgan fingerprint density at radius 3 is 2.59 bits per heavy atom. The van der Waals surface area contributed by atoms with Crippen LogP contribution in [0.1, 0.15) is 5.56 Å². The highest BCUT2D eigenvalue weighted by atomic mass is 35.5. The summed E-state index contributed by atoms with van der Waals surface area (Å²) in [4.78, 5) is 0. The Morgan fingerprint density at radius 1 is 1.06 bits per heavy atom. The molecule has 0 atom stereocenters. The molecular weight excluding hydrogens is 259 g/mol. The third-order valence-corrected chi connectivity index (χ3v) is 2.81. The number of phenolic OH excluding ortho intramolecular Hbond substituents is 1. The van der Waals surface area contributed by atoms with Crippen LogP contribution in [0.15, 0.2) is 42.5 Å². The molecule has 1 N–H and O–H groups in total. The van der Waals surface area contributed by atoms with Crippen molar-refractivity contribution < 1.29 is 9.84 Å².